The number of anilines is 2. The Morgan fingerprint density at radius 2 is 2.03 bits per heavy atom. The highest BCUT2D eigenvalue weighted by Crippen LogP contribution is 2.26. The molecule has 0 bridgehead atoms. The summed E-state index contributed by atoms with van der Waals surface area (Å²) in [6.07, 6.45) is 2.83. The van der Waals surface area contributed by atoms with Gasteiger partial charge in [-0.25, -0.2) is 0 Å². The van der Waals surface area contributed by atoms with Gasteiger partial charge in [0.15, 0.2) is 5.82 Å². The molecule has 0 aliphatic carbocycles. The summed E-state index contributed by atoms with van der Waals surface area (Å²) in [6.45, 7) is 3.58. The lowest BCUT2D eigenvalue weighted by atomic mass is 10.1. The minimum Gasteiger partial charge on any atom is -0.464 e. The summed E-state index contributed by atoms with van der Waals surface area (Å²) in [7, 11) is 1.00. The van der Waals surface area contributed by atoms with E-state index in [1.807, 2.05) is 43.3 Å². The molecule has 158 valence electrons. The number of carbonyl (C=O) groups is 1. The van der Waals surface area contributed by atoms with Gasteiger partial charge in [-0.3, -0.25) is 4.79 Å². The normalized spacial score (nSPS) is 15.3. The van der Waals surface area contributed by atoms with E-state index in [1.54, 1.807) is 6.20 Å². The molecule has 0 saturated carbocycles. The van der Waals surface area contributed by atoms with E-state index in [-0.39, 0.29) is 12.0 Å². The Labute approximate surface area is 178 Å². The van der Waals surface area contributed by atoms with Gasteiger partial charge in [0.05, 0.1) is 13.0 Å². The van der Waals surface area contributed by atoms with Crippen LogP contribution in [-0.4, -0.2) is 57.7 Å². The molecule has 1 saturated heterocycles. The second kappa shape index (κ2) is 10.6. The zero-order valence-electron chi connectivity index (χ0n) is 16.9. The highest BCUT2D eigenvalue weighted by atomic mass is 32.1. The first-order valence-electron chi connectivity index (χ1n) is 9.48. The molecule has 1 atom stereocenters. The van der Waals surface area contributed by atoms with E-state index in [2.05, 4.69) is 30.6 Å². The maximum Gasteiger partial charge on any atom is 0.296 e. The highest BCUT2D eigenvalue weighted by Gasteiger charge is 2.26. The highest BCUT2D eigenvalue weighted by molar-refractivity contribution is 7.17. The number of hydrogen-bond donors (Lipinski definition) is 2. The Kier molecular flexibility index (Phi) is 7.63. The third-order valence-electron chi connectivity index (χ3n) is 4.43. The van der Waals surface area contributed by atoms with E-state index >= 15 is 0 Å². The van der Waals surface area contributed by atoms with Gasteiger partial charge in [0.1, 0.15) is 6.10 Å². The van der Waals surface area contributed by atoms with Crippen molar-refractivity contribution in [1.29, 1.82) is 0 Å². The van der Waals surface area contributed by atoms with Crippen molar-refractivity contribution in [1.82, 2.24) is 20.4 Å². The van der Waals surface area contributed by atoms with E-state index in [0.717, 1.165) is 31.5 Å². The van der Waals surface area contributed by atoms with Gasteiger partial charge in [0.25, 0.3) is 5.19 Å². The lowest BCUT2D eigenvalue weighted by molar-refractivity contribution is -0.115. The van der Waals surface area contributed by atoms with Crippen molar-refractivity contribution in [3.05, 3.63) is 53.7 Å². The molecule has 2 N–H and O–H groups in total. The van der Waals surface area contributed by atoms with Crippen molar-refractivity contribution in [2.24, 2.45) is 0 Å². The first kappa shape index (κ1) is 21.6. The van der Waals surface area contributed by atoms with Crippen LogP contribution in [-0.2, 0) is 11.2 Å². The quantitative estimate of drug-likeness (QED) is 0.614. The predicted octanol–water partition coefficient (Wildman–Crippen LogP) is 2.08. The molecule has 3 aromatic rings. The van der Waals surface area contributed by atoms with Crippen LogP contribution in [0.3, 0.4) is 0 Å². The number of aromatic nitrogens is 4. The smallest absolute Gasteiger partial charge is 0.296 e. The van der Waals surface area contributed by atoms with Gasteiger partial charge in [-0.05, 0) is 36.0 Å². The van der Waals surface area contributed by atoms with Gasteiger partial charge in [-0.1, -0.05) is 34.9 Å². The van der Waals surface area contributed by atoms with Crippen molar-refractivity contribution in [3.63, 3.8) is 0 Å². The van der Waals surface area contributed by atoms with Gasteiger partial charge in [-0.15, -0.1) is 10.2 Å². The van der Waals surface area contributed by atoms with Crippen LogP contribution in [0.2, 0.25) is 0 Å². The van der Waals surface area contributed by atoms with Crippen LogP contribution >= 0.6 is 11.3 Å². The topological polar surface area (TPSA) is 113 Å². The Morgan fingerprint density at radius 1 is 1.23 bits per heavy atom. The van der Waals surface area contributed by atoms with Crippen molar-refractivity contribution in [3.8, 4) is 5.19 Å². The van der Waals surface area contributed by atoms with Crippen LogP contribution in [0, 0.1) is 6.92 Å². The fourth-order valence-corrected chi connectivity index (χ4v) is 3.68. The molecule has 4 rings (SSSR count). The van der Waals surface area contributed by atoms with E-state index in [4.69, 9.17) is 9.84 Å². The molecule has 1 aliphatic heterocycles. The van der Waals surface area contributed by atoms with Gasteiger partial charge < -0.3 is 20.1 Å². The minimum absolute atomic E-state index is 0.00562. The van der Waals surface area contributed by atoms with Crippen LogP contribution < -0.4 is 15.0 Å². The average molecular weight is 429 g/mol. The molecule has 0 radical (unpaired) electrons. The van der Waals surface area contributed by atoms with Gasteiger partial charge in [0, 0.05) is 26.3 Å². The van der Waals surface area contributed by atoms with Gasteiger partial charge in [-0.2, -0.15) is 5.10 Å². The fraction of sp³-hybridized carbons (Fsp3) is 0.350. The molecule has 30 heavy (non-hydrogen) atoms. The summed E-state index contributed by atoms with van der Waals surface area (Å²) in [6, 6.07) is 11.7. The molecule has 1 amide bonds. The number of aliphatic hydroxyl groups excluding tert-OH is 1. The van der Waals surface area contributed by atoms with Crippen molar-refractivity contribution in [2.75, 3.05) is 30.4 Å². The summed E-state index contributed by atoms with van der Waals surface area (Å²) < 4.78 is 5.92. The number of nitrogens with one attached hydrogen (secondary N) is 1. The van der Waals surface area contributed by atoms with Crippen LogP contribution in [0.5, 0.6) is 5.19 Å². The number of nitrogens with zero attached hydrogens (tertiary/aromatic N) is 5. The Hall–Kier alpha value is -3.11. The van der Waals surface area contributed by atoms with Gasteiger partial charge in [0.2, 0.25) is 11.0 Å². The van der Waals surface area contributed by atoms with Crippen molar-refractivity contribution in [2.45, 2.75) is 25.9 Å². The van der Waals surface area contributed by atoms with Crippen LogP contribution in [0.25, 0.3) is 0 Å². The van der Waals surface area contributed by atoms with Crippen LogP contribution in [0.1, 0.15) is 17.5 Å². The van der Waals surface area contributed by atoms with Crippen LogP contribution in [0.4, 0.5) is 10.9 Å². The molecule has 1 fully saturated rings. The van der Waals surface area contributed by atoms with E-state index in [0.29, 0.717) is 23.3 Å². The number of rotatable bonds is 6. The molecule has 2 aromatic heterocycles. The second-order valence-corrected chi connectivity index (χ2v) is 7.58. The lowest BCUT2D eigenvalue weighted by Gasteiger charge is -2.16. The number of aryl methyl sites for hydroxylation is 1. The monoisotopic (exact) mass is 428 g/mol. The van der Waals surface area contributed by atoms with Crippen LogP contribution in [0.15, 0.2) is 42.6 Å². The van der Waals surface area contributed by atoms with E-state index < -0.39 is 0 Å². The molecular formula is C20H24N6O3S. The SMILES string of the molecule is CO.Cc1ccc(CC(=O)Nc2nnc(OC3CCN(c4cccnn4)C3)s2)cc1. The number of benzene rings is 1. The summed E-state index contributed by atoms with van der Waals surface area (Å²) in [5.74, 6) is 0.719. The first-order valence-corrected chi connectivity index (χ1v) is 10.3. The summed E-state index contributed by atoms with van der Waals surface area (Å²) in [5, 5.41) is 26.8. The molecule has 1 aliphatic rings. The lowest BCUT2D eigenvalue weighted by Crippen LogP contribution is -2.25. The summed E-state index contributed by atoms with van der Waals surface area (Å²) in [4.78, 5) is 14.3. The average Bonchev–Trinajstić information content (AvgIpc) is 3.42. The fourth-order valence-electron chi connectivity index (χ4n) is 3.00. The Morgan fingerprint density at radius 3 is 2.77 bits per heavy atom. The molecular weight excluding hydrogens is 404 g/mol. The van der Waals surface area contributed by atoms with E-state index in [1.165, 1.54) is 16.9 Å². The zero-order valence-corrected chi connectivity index (χ0v) is 17.7. The summed E-state index contributed by atoms with van der Waals surface area (Å²) in [5.41, 5.74) is 2.12. The largest absolute Gasteiger partial charge is 0.464 e. The van der Waals surface area contributed by atoms with E-state index in [9.17, 15) is 4.79 Å². The number of carbonyl (C=O) groups excluding carboxylic acids is 1. The molecule has 9 nitrogen and oxygen atoms in total. The van der Waals surface area contributed by atoms with Crippen molar-refractivity contribution < 1.29 is 14.6 Å². The zero-order chi connectivity index (χ0) is 21.3. The van der Waals surface area contributed by atoms with Crippen molar-refractivity contribution >= 4 is 28.2 Å². The standard InChI is InChI=1S/C19H20N6O2S.CH4O/c1-13-4-6-14(7-5-13)11-17(26)21-18-23-24-19(28-18)27-15-8-10-25(12-15)16-3-2-9-20-22-16;1-2/h2-7,9,15H,8,10-12H2,1H3,(H,21,23,26);2H,1H3. The molecule has 10 heteroatoms. The number of ether oxygens (including phenoxy) is 1. The third-order valence-corrected chi connectivity index (χ3v) is 5.16. The molecule has 1 unspecified atom stereocenters. The maximum absolute atomic E-state index is 12.2. The number of hydrogen-bond acceptors (Lipinski definition) is 9. The molecule has 0 spiro atoms. The number of amides is 1. The molecule has 3 heterocycles. The first-order chi connectivity index (χ1) is 14.7. The third kappa shape index (κ3) is 5.94. The Bertz CT molecular complexity index is 935. The van der Waals surface area contributed by atoms with Gasteiger partial charge >= 0.3 is 0 Å². The summed E-state index contributed by atoms with van der Waals surface area (Å²) >= 11 is 1.24. The minimum atomic E-state index is -0.124. The Balaban J connectivity index is 0.00000124. The second-order valence-electron chi connectivity index (χ2n) is 6.64. The molecule has 1 aromatic carbocycles. The maximum atomic E-state index is 12.2. The predicted molar refractivity (Wildman–Crippen MR) is 115 cm³/mol. The number of aliphatic hydroxyl groups is 1.